The van der Waals surface area contributed by atoms with Crippen LogP contribution >= 0.6 is 7.82 Å². The number of esters is 1. The number of carbonyl (C=O) groups is 1. The monoisotopic (exact) mass is 750 g/mol. The van der Waals surface area contributed by atoms with Crippen molar-refractivity contribution in [2.45, 2.75) is 142 Å². The van der Waals surface area contributed by atoms with Crippen LogP contribution in [-0.2, 0) is 27.9 Å². The lowest BCUT2D eigenvalue weighted by molar-refractivity contribution is -0.870. The SMILES string of the molecule is CC/C=C\C/C=C\C/C=C\C/C=C\C/C=C\C/C=C\CCC(=O)OC(COCCCCCCCCCCCCC)COP(=O)([O-])OCC[N+](C)(C)C. The third kappa shape index (κ3) is 39.2. The van der Waals surface area contributed by atoms with E-state index >= 15 is 0 Å². The zero-order chi connectivity index (χ0) is 38.4. The summed E-state index contributed by atoms with van der Waals surface area (Å²) in [6.07, 6.45) is 45.0. The normalized spacial score (nSPS) is 14.7. The van der Waals surface area contributed by atoms with Crippen LogP contribution in [-0.4, -0.2) is 70.7 Å². The summed E-state index contributed by atoms with van der Waals surface area (Å²) in [6.45, 7) is 5.16. The number of phosphoric ester groups is 1. The number of likely N-dealkylation sites (N-methyl/N-ethyl adjacent to an activating group) is 1. The minimum Gasteiger partial charge on any atom is -0.756 e. The lowest BCUT2D eigenvalue weighted by Gasteiger charge is -2.28. The van der Waals surface area contributed by atoms with Crippen LogP contribution in [0.2, 0.25) is 0 Å². The maximum absolute atomic E-state index is 12.6. The summed E-state index contributed by atoms with van der Waals surface area (Å²) < 4.78 is 34.4. The lowest BCUT2D eigenvalue weighted by atomic mass is 10.1. The van der Waals surface area contributed by atoms with Gasteiger partial charge in [-0.3, -0.25) is 9.36 Å². The first kappa shape index (κ1) is 49.9. The van der Waals surface area contributed by atoms with Gasteiger partial charge in [0.05, 0.1) is 34.4 Å². The third-order valence-electron chi connectivity index (χ3n) is 8.04. The summed E-state index contributed by atoms with van der Waals surface area (Å²) in [5.74, 6) is -0.418. The van der Waals surface area contributed by atoms with E-state index < -0.39 is 19.9 Å². The van der Waals surface area contributed by atoms with Crippen molar-refractivity contribution in [3.63, 3.8) is 0 Å². The number of allylic oxidation sites excluding steroid dienone is 12. The number of quaternary nitrogens is 1. The summed E-state index contributed by atoms with van der Waals surface area (Å²) in [6, 6.07) is 0. The van der Waals surface area contributed by atoms with Crippen LogP contribution in [0.1, 0.15) is 136 Å². The predicted molar refractivity (Wildman–Crippen MR) is 217 cm³/mol. The Morgan fingerprint density at radius 3 is 1.56 bits per heavy atom. The molecule has 0 aromatic heterocycles. The highest BCUT2D eigenvalue weighted by atomic mass is 31.2. The van der Waals surface area contributed by atoms with Gasteiger partial charge in [-0.1, -0.05) is 151 Å². The van der Waals surface area contributed by atoms with Gasteiger partial charge >= 0.3 is 5.97 Å². The molecule has 8 nitrogen and oxygen atoms in total. The van der Waals surface area contributed by atoms with Crippen LogP contribution in [0.3, 0.4) is 0 Å². The number of unbranched alkanes of at least 4 members (excludes halogenated alkanes) is 10. The van der Waals surface area contributed by atoms with Crippen molar-refractivity contribution in [2.75, 3.05) is 54.1 Å². The fourth-order valence-electron chi connectivity index (χ4n) is 4.92. The van der Waals surface area contributed by atoms with E-state index in [4.69, 9.17) is 18.5 Å². The third-order valence-corrected chi connectivity index (χ3v) is 9.00. The molecular formula is C43H76NO7P. The summed E-state index contributed by atoms with van der Waals surface area (Å²) in [7, 11) is 1.30. The number of hydrogen-bond donors (Lipinski definition) is 0. The fourth-order valence-corrected chi connectivity index (χ4v) is 5.65. The molecule has 0 spiro atoms. The standard InChI is InChI=1S/C43H76NO7P/c1-6-8-10-12-14-16-18-19-20-21-22-23-24-25-26-28-30-32-34-36-43(45)51-42(41-50-52(46,47)49-39-37-44(3,4)5)40-48-38-35-33-31-29-27-17-15-13-11-9-7-2/h8,10,14,16,19-20,22-23,25-26,30,32,42H,6-7,9,11-13,15,17-18,21,24,27-29,31,33-41H2,1-5H3/b10-8-,16-14-,20-19-,23-22-,26-25-,32-30-. The molecule has 9 heteroatoms. The Hall–Kier alpha value is -2.06. The molecule has 0 radical (unpaired) electrons. The van der Waals surface area contributed by atoms with Gasteiger partial charge < -0.3 is 27.9 Å². The van der Waals surface area contributed by atoms with E-state index in [9.17, 15) is 14.3 Å². The molecule has 0 fully saturated rings. The number of carbonyl (C=O) groups excluding carboxylic acids is 1. The van der Waals surface area contributed by atoms with Crippen LogP contribution in [0.4, 0.5) is 0 Å². The molecule has 0 heterocycles. The van der Waals surface area contributed by atoms with Crippen molar-refractivity contribution in [3.05, 3.63) is 72.9 Å². The Balaban J connectivity index is 4.42. The van der Waals surface area contributed by atoms with Crippen LogP contribution in [0, 0.1) is 0 Å². The summed E-state index contributed by atoms with van der Waals surface area (Å²) in [4.78, 5) is 24.9. The molecule has 0 aliphatic heterocycles. The summed E-state index contributed by atoms with van der Waals surface area (Å²) in [5, 5.41) is 0. The molecule has 2 atom stereocenters. The van der Waals surface area contributed by atoms with E-state index in [1.165, 1.54) is 57.8 Å². The summed E-state index contributed by atoms with van der Waals surface area (Å²) in [5.41, 5.74) is 0. The smallest absolute Gasteiger partial charge is 0.306 e. The molecule has 0 aliphatic rings. The number of hydrogen-bond acceptors (Lipinski definition) is 7. The van der Waals surface area contributed by atoms with Crippen molar-refractivity contribution in [2.24, 2.45) is 0 Å². The molecule has 2 unspecified atom stereocenters. The first-order valence-corrected chi connectivity index (χ1v) is 21.6. The Morgan fingerprint density at radius 2 is 1.08 bits per heavy atom. The fraction of sp³-hybridized carbons (Fsp3) is 0.698. The van der Waals surface area contributed by atoms with E-state index in [1.54, 1.807) is 0 Å². The van der Waals surface area contributed by atoms with Crippen molar-refractivity contribution < 1.29 is 37.3 Å². The van der Waals surface area contributed by atoms with E-state index in [2.05, 4.69) is 74.6 Å². The molecule has 0 aromatic rings. The maximum atomic E-state index is 12.6. The lowest BCUT2D eigenvalue weighted by Crippen LogP contribution is -2.37. The maximum Gasteiger partial charge on any atom is 0.306 e. The number of phosphoric acid groups is 1. The van der Waals surface area contributed by atoms with Gasteiger partial charge in [0.15, 0.2) is 0 Å². The minimum absolute atomic E-state index is 0.00997. The minimum atomic E-state index is -4.54. The molecule has 0 amide bonds. The Labute approximate surface area is 319 Å². The molecule has 0 saturated heterocycles. The second-order valence-corrected chi connectivity index (χ2v) is 15.7. The van der Waals surface area contributed by atoms with Gasteiger partial charge in [0, 0.05) is 13.0 Å². The number of rotatable bonds is 36. The van der Waals surface area contributed by atoms with Gasteiger partial charge in [0.25, 0.3) is 7.82 Å². The van der Waals surface area contributed by atoms with Gasteiger partial charge in [-0.2, -0.15) is 0 Å². The van der Waals surface area contributed by atoms with Crippen molar-refractivity contribution in [3.8, 4) is 0 Å². The Bertz CT molecular complexity index is 1060. The zero-order valence-electron chi connectivity index (χ0n) is 33.7. The van der Waals surface area contributed by atoms with E-state index in [0.717, 1.165) is 51.4 Å². The van der Waals surface area contributed by atoms with Gasteiger partial charge in [-0.15, -0.1) is 0 Å². The molecule has 0 saturated carbocycles. The van der Waals surface area contributed by atoms with E-state index in [1.807, 2.05) is 33.3 Å². The zero-order valence-corrected chi connectivity index (χ0v) is 34.6. The number of ether oxygens (including phenoxy) is 2. The number of nitrogens with zero attached hydrogens (tertiary/aromatic N) is 1. The van der Waals surface area contributed by atoms with Crippen molar-refractivity contribution in [1.82, 2.24) is 0 Å². The Morgan fingerprint density at radius 1 is 0.615 bits per heavy atom. The molecule has 0 aliphatic carbocycles. The Kier molecular flexibility index (Phi) is 34.5. The van der Waals surface area contributed by atoms with Crippen molar-refractivity contribution >= 4 is 13.8 Å². The average molecular weight is 750 g/mol. The van der Waals surface area contributed by atoms with Crippen LogP contribution < -0.4 is 4.89 Å². The molecule has 0 aromatic carbocycles. The predicted octanol–water partition coefficient (Wildman–Crippen LogP) is 10.9. The average Bonchev–Trinajstić information content (AvgIpc) is 3.09. The van der Waals surface area contributed by atoms with E-state index in [-0.39, 0.29) is 26.2 Å². The van der Waals surface area contributed by atoms with Gasteiger partial charge in [-0.05, 0) is 51.4 Å². The second-order valence-electron chi connectivity index (χ2n) is 14.3. The van der Waals surface area contributed by atoms with Crippen LogP contribution in [0.15, 0.2) is 72.9 Å². The molecule has 0 bridgehead atoms. The molecule has 52 heavy (non-hydrogen) atoms. The molecular weight excluding hydrogens is 673 g/mol. The molecule has 300 valence electrons. The highest BCUT2D eigenvalue weighted by Gasteiger charge is 2.20. The summed E-state index contributed by atoms with van der Waals surface area (Å²) >= 11 is 0. The first-order valence-electron chi connectivity index (χ1n) is 20.2. The van der Waals surface area contributed by atoms with Crippen molar-refractivity contribution in [1.29, 1.82) is 0 Å². The van der Waals surface area contributed by atoms with E-state index in [0.29, 0.717) is 24.1 Å². The van der Waals surface area contributed by atoms with Crippen LogP contribution in [0.5, 0.6) is 0 Å². The highest BCUT2D eigenvalue weighted by Crippen LogP contribution is 2.38. The second kappa shape index (κ2) is 35.9. The highest BCUT2D eigenvalue weighted by molar-refractivity contribution is 7.45. The largest absolute Gasteiger partial charge is 0.756 e. The van der Waals surface area contributed by atoms with Crippen LogP contribution in [0.25, 0.3) is 0 Å². The quantitative estimate of drug-likeness (QED) is 0.0207. The molecule has 0 rings (SSSR count). The van der Waals surface area contributed by atoms with Gasteiger partial charge in [-0.25, -0.2) is 0 Å². The van der Waals surface area contributed by atoms with Gasteiger partial charge in [0.1, 0.15) is 19.3 Å². The van der Waals surface area contributed by atoms with Gasteiger partial charge in [0.2, 0.25) is 0 Å². The molecule has 0 N–H and O–H groups in total. The topological polar surface area (TPSA) is 94.1 Å². The first-order chi connectivity index (χ1) is 25.1.